The van der Waals surface area contributed by atoms with Crippen LogP contribution in [0.2, 0.25) is 18.1 Å². The summed E-state index contributed by atoms with van der Waals surface area (Å²) in [7, 11) is -1.74. The van der Waals surface area contributed by atoms with E-state index in [2.05, 4.69) is 70.1 Å². The zero-order valence-corrected chi connectivity index (χ0v) is 14.6. The molecule has 110 valence electrons. The standard InChI is InChI=1S/C18H28OSi/c1-7-8-14-17(15-16-12-10-9-11-13-16)19-20(5,6)18(2,3)4/h1,9-13,17H,8,14-15H2,2-6H3/t17-/m1/s1. The van der Waals surface area contributed by atoms with Crippen LogP contribution >= 0.6 is 0 Å². The molecule has 1 aromatic rings. The lowest BCUT2D eigenvalue weighted by Gasteiger charge is -2.39. The van der Waals surface area contributed by atoms with E-state index in [1.165, 1.54) is 5.56 Å². The van der Waals surface area contributed by atoms with Gasteiger partial charge in [-0.3, -0.25) is 0 Å². The van der Waals surface area contributed by atoms with E-state index in [1.807, 2.05) is 0 Å². The Balaban J connectivity index is 2.77. The average Bonchev–Trinajstić information content (AvgIpc) is 2.35. The Hall–Kier alpha value is -1.04. The van der Waals surface area contributed by atoms with E-state index in [0.29, 0.717) is 0 Å². The summed E-state index contributed by atoms with van der Waals surface area (Å²) in [5, 5.41) is 0.234. The molecule has 0 N–H and O–H groups in total. The Labute approximate surface area is 125 Å². The first-order chi connectivity index (χ1) is 9.26. The number of hydrogen-bond acceptors (Lipinski definition) is 1. The van der Waals surface area contributed by atoms with Gasteiger partial charge < -0.3 is 4.43 Å². The van der Waals surface area contributed by atoms with Crippen molar-refractivity contribution in [1.82, 2.24) is 0 Å². The van der Waals surface area contributed by atoms with Gasteiger partial charge in [0.15, 0.2) is 8.32 Å². The smallest absolute Gasteiger partial charge is 0.192 e. The fourth-order valence-corrected chi connectivity index (χ4v) is 3.31. The van der Waals surface area contributed by atoms with Gasteiger partial charge >= 0.3 is 0 Å². The van der Waals surface area contributed by atoms with Crippen molar-refractivity contribution in [2.75, 3.05) is 0 Å². The van der Waals surface area contributed by atoms with E-state index in [-0.39, 0.29) is 11.1 Å². The van der Waals surface area contributed by atoms with E-state index in [4.69, 9.17) is 10.8 Å². The molecular weight excluding hydrogens is 260 g/mol. The molecule has 20 heavy (non-hydrogen) atoms. The molecule has 0 aromatic heterocycles. The molecule has 2 heteroatoms. The van der Waals surface area contributed by atoms with Crippen LogP contribution in [0.25, 0.3) is 0 Å². The van der Waals surface area contributed by atoms with Crippen LogP contribution in [0.4, 0.5) is 0 Å². The zero-order chi connectivity index (χ0) is 15.2. The largest absolute Gasteiger partial charge is 0.414 e. The SMILES string of the molecule is C#CCC[C@H](Cc1ccccc1)O[Si](C)(C)C(C)(C)C. The molecule has 0 aliphatic heterocycles. The van der Waals surface area contributed by atoms with Gasteiger partial charge in [0, 0.05) is 12.5 Å². The summed E-state index contributed by atoms with van der Waals surface area (Å²) in [5.74, 6) is 2.74. The molecular formula is C18H28OSi. The lowest BCUT2D eigenvalue weighted by atomic mass is 10.0. The van der Waals surface area contributed by atoms with Crippen LogP contribution in [0.1, 0.15) is 39.2 Å². The Bertz CT molecular complexity index is 437. The summed E-state index contributed by atoms with van der Waals surface area (Å²) in [6, 6.07) is 10.5. The fourth-order valence-electron chi connectivity index (χ4n) is 1.92. The maximum atomic E-state index is 6.55. The van der Waals surface area contributed by atoms with Crippen LogP contribution in [0.15, 0.2) is 30.3 Å². The van der Waals surface area contributed by atoms with Crippen molar-refractivity contribution in [3.8, 4) is 12.3 Å². The molecule has 1 atom stereocenters. The van der Waals surface area contributed by atoms with Crippen molar-refractivity contribution < 1.29 is 4.43 Å². The third-order valence-corrected chi connectivity index (χ3v) is 8.72. The van der Waals surface area contributed by atoms with Crippen molar-refractivity contribution in [2.24, 2.45) is 0 Å². The highest BCUT2D eigenvalue weighted by molar-refractivity contribution is 6.74. The third-order valence-electron chi connectivity index (χ3n) is 4.18. The monoisotopic (exact) mass is 288 g/mol. The van der Waals surface area contributed by atoms with Crippen LogP contribution < -0.4 is 0 Å². The van der Waals surface area contributed by atoms with E-state index in [0.717, 1.165) is 19.3 Å². The van der Waals surface area contributed by atoms with Crippen molar-refractivity contribution in [3.05, 3.63) is 35.9 Å². The highest BCUT2D eigenvalue weighted by Gasteiger charge is 2.38. The molecule has 0 aliphatic carbocycles. The maximum absolute atomic E-state index is 6.55. The first-order valence-electron chi connectivity index (χ1n) is 7.41. The minimum absolute atomic E-state index is 0.231. The van der Waals surface area contributed by atoms with Crippen molar-refractivity contribution >= 4 is 8.32 Å². The molecule has 1 rings (SSSR count). The van der Waals surface area contributed by atoms with Crippen LogP contribution in [0.5, 0.6) is 0 Å². The van der Waals surface area contributed by atoms with Gasteiger partial charge in [0.2, 0.25) is 0 Å². The zero-order valence-electron chi connectivity index (χ0n) is 13.6. The summed E-state index contributed by atoms with van der Waals surface area (Å²) in [6.45, 7) is 11.4. The van der Waals surface area contributed by atoms with E-state index in [9.17, 15) is 0 Å². The highest BCUT2D eigenvalue weighted by atomic mass is 28.4. The van der Waals surface area contributed by atoms with E-state index < -0.39 is 8.32 Å². The van der Waals surface area contributed by atoms with E-state index in [1.54, 1.807) is 0 Å². The number of benzene rings is 1. The molecule has 0 saturated heterocycles. The second kappa shape index (κ2) is 7.11. The van der Waals surface area contributed by atoms with Gasteiger partial charge in [-0.2, -0.15) is 0 Å². The fraction of sp³-hybridized carbons (Fsp3) is 0.556. The summed E-state index contributed by atoms with van der Waals surface area (Å²) in [4.78, 5) is 0. The van der Waals surface area contributed by atoms with Crippen LogP contribution in [0, 0.1) is 12.3 Å². The van der Waals surface area contributed by atoms with Gasteiger partial charge in [-0.1, -0.05) is 51.1 Å². The maximum Gasteiger partial charge on any atom is 0.192 e. The molecule has 0 spiro atoms. The van der Waals surface area contributed by atoms with Gasteiger partial charge in [-0.05, 0) is 36.5 Å². The highest BCUT2D eigenvalue weighted by Crippen LogP contribution is 2.38. The average molecular weight is 289 g/mol. The topological polar surface area (TPSA) is 9.23 Å². The predicted octanol–water partition coefficient (Wildman–Crippen LogP) is 5.03. The Morgan fingerprint density at radius 3 is 2.30 bits per heavy atom. The molecule has 1 aromatic carbocycles. The molecule has 0 bridgehead atoms. The quantitative estimate of drug-likeness (QED) is 0.527. The number of hydrogen-bond donors (Lipinski definition) is 0. The molecule has 0 heterocycles. The molecule has 0 saturated carbocycles. The number of rotatable bonds is 6. The summed E-state index contributed by atoms with van der Waals surface area (Å²) >= 11 is 0. The van der Waals surface area contributed by atoms with E-state index >= 15 is 0 Å². The normalized spacial score (nSPS) is 13.8. The Morgan fingerprint density at radius 2 is 1.80 bits per heavy atom. The lowest BCUT2D eigenvalue weighted by Crippen LogP contribution is -2.44. The lowest BCUT2D eigenvalue weighted by molar-refractivity contribution is 0.172. The molecule has 0 amide bonds. The second-order valence-corrected chi connectivity index (χ2v) is 11.7. The first-order valence-corrected chi connectivity index (χ1v) is 10.3. The van der Waals surface area contributed by atoms with Gasteiger partial charge in [-0.15, -0.1) is 12.3 Å². The van der Waals surface area contributed by atoms with Gasteiger partial charge in [-0.25, -0.2) is 0 Å². The molecule has 0 unspecified atom stereocenters. The predicted molar refractivity (Wildman–Crippen MR) is 90.3 cm³/mol. The first kappa shape index (κ1) is 17.0. The summed E-state index contributed by atoms with van der Waals surface area (Å²) in [5.41, 5.74) is 1.33. The summed E-state index contributed by atoms with van der Waals surface area (Å²) < 4.78 is 6.55. The number of terminal acetylenes is 1. The molecule has 1 nitrogen and oxygen atoms in total. The van der Waals surface area contributed by atoms with Crippen LogP contribution in [-0.2, 0) is 10.8 Å². The minimum Gasteiger partial charge on any atom is -0.414 e. The van der Waals surface area contributed by atoms with Crippen LogP contribution in [0.3, 0.4) is 0 Å². The molecule has 0 fully saturated rings. The third kappa shape index (κ3) is 5.15. The Kier molecular flexibility index (Phi) is 6.04. The van der Waals surface area contributed by atoms with Crippen molar-refractivity contribution in [1.29, 1.82) is 0 Å². The Morgan fingerprint density at radius 1 is 1.20 bits per heavy atom. The van der Waals surface area contributed by atoms with Gasteiger partial charge in [0.05, 0.1) is 0 Å². The van der Waals surface area contributed by atoms with Crippen molar-refractivity contribution in [3.63, 3.8) is 0 Å². The van der Waals surface area contributed by atoms with Crippen molar-refractivity contribution in [2.45, 2.75) is 64.3 Å². The molecule has 0 aliphatic rings. The van der Waals surface area contributed by atoms with Gasteiger partial charge in [0.1, 0.15) is 0 Å². The minimum atomic E-state index is -1.74. The van der Waals surface area contributed by atoms with Gasteiger partial charge in [0.25, 0.3) is 0 Å². The van der Waals surface area contributed by atoms with Crippen LogP contribution in [-0.4, -0.2) is 14.4 Å². The second-order valence-electron chi connectivity index (χ2n) is 6.93. The molecule has 0 radical (unpaired) electrons. The summed E-state index contributed by atoms with van der Waals surface area (Å²) in [6.07, 6.45) is 8.34.